The summed E-state index contributed by atoms with van der Waals surface area (Å²) in [5.41, 5.74) is 0.970. The van der Waals surface area contributed by atoms with Gasteiger partial charge in [-0.25, -0.2) is 4.68 Å². The Morgan fingerprint density at radius 3 is 2.35 bits per heavy atom. The van der Waals surface area contributed by atoms with E-state index in [0.29, 0.717) is 6.10 Å². The molecule has 0 aromatic carbocycles. The van der Waals surface area contributed by atoms with Crippen molar-refractivity contribution in [3.63, 3.8) is 0 Å². The van der Waals surface area contributed by atoms with Gasteiger partial charge in [0.1, 0.15) is 0 Å². The van der Waals surface area contributed by atoms with Crippen LogP contribution in [-0.4, -0.2) is 46.3 Å². The summed E-state index contributed by atoms with van der Waals surface area (Å²) in [6.45, 7) is 3.89. The lowest BCUT2D eigenvalue weighted by molar-refractivity contribution is 0.0817. The van der Waals surface area contributed by atoms with Crippen molar-refractivity contribution in [2.75, 3.05) is 25.1 Å². The van der Waals surface area contributed by atoms with Crippen molar-refractivity contribution in [3.8, 4) is 5.82 Å². The van der Waals surface area contributed by atoms with Crippen LogP contribution >= 0.6 is 0 Å². The minimum Gasteiger partial charge on any atom is -0.381 e. The lowest BCUT2D eigenvalue weighted by atomic mass is 10.1. The molecular weight excluding hydrogens is 254 g/mol. The highest BCUT2D eigenvalue weighted by Crippen LogP contribution is 2.19. The molecule has 106 valence electrons. The summed E-state index contributed by atoms with van der Waals surface area (Å²) in [4.78, 5) is 2.25. The Hall–Kier alpha value is -1.95. The van der Waals surface area contributed by atoms with Crippen LogP contribution in [0.15, 0.2) is 24.4 Å². The Bertz CT molecular complexity index is 557. The Balaban J connectivity index is 1.70. The summed E-state index contributed by atoms with van der Waals surface area (Å²) in [6.07, 6.45) is 4.35. The number of anilines is 1. The molecule has 20 heavy (non-hydrogen) atoms. The number of nitrogens with zero attached hydrogens (tertiary/aromatic N) is 5. The molecule has 0 spiro atoms. The highest BCUT2D eigenvalue weighted by molar-refractivity contribution is 5.40. The smallest absolute Gasteiger partial charge is 0.175 e. The van der Waals surface area contributed by atoms with Crippen molar-refractivity contribution < 1.29 is 4.74 Å². The average Bonchev–Trinajstić information content (AvgIpc) is 2.94. The van der Waals surface area contributed by atoms with E-state index in [1.807, 2.05) is 31.3 Å². The van der Waals surface area contributed by atoms with Crippen LogP contribution in [0.5, 0.6) is 0 Å². The van der Waals surface area contributed by atoms with Gasteiger partial charge in [-0.15, -0.1) is 10.2 Å². The van der Waals surface area contributed by atoms with Gasteiger partial charge in [0.15, 0.2) is 11.6 Å². The normalized spacial score (nSPS) is 16.6. The van der Waals surface area contributed by atoms with E-state index in [1.54, 1.807) is 11.8 Å². The molecule has 0 bridgehead atoms. The summed E-state index contributed by atoms with van der Waals surface area (Å²) in [6, 6.07) is 5.91. The number of hydrogen-bond donors (Lipinski definition) is 0. The van der Waals surface area contributed by atoms with Crippen LogP contribution in [0, 0.1) is 6.92 Å². The second kappa shape index (κ2) is 5.58. The van der Waals surface area contributed by atoms with Crippen molar-refractivity contribution in [3.05, 3.63) is 30.1 Å². The lowest BCUT2D eigenvalue weighted by Gasteiger charge is -2.31. The molecule has 0 aliphatic carbocycles. The zero-order valence-corrected chi connectivity index (χ0v) is 11.9. The average molecular weight is 273 g/mol. The second-order valence-electron chi connectivity index (χ2n) is 5.07. The largest absolute Gasteiger partial charge is 0.381 e. The number of ether oxygens (including phenoxy) is 1. The molecule has 1 aliphatic rings. The van der Waals surface area contributed by atoms with E-state index < -0.39 is 0 Å². The zero-order chi connectivity index (χ0) is 13.9. The first-order valence-electron chi connectivity index (χ1n) is 6.90. The van der Waals surface area contributed by atoms with Crippen LogP contribution < -0.4 is 4.90 Å². The van der Waals surface area contributed by atoms with E-state index in [9.17, 15) is 0 Å². The fourth-order valence-electron chi connectivity index (χ4n) is 2.47. The maximum atomic E-state index is 5.38. The van der Waals surface area contributed by atoms with E-state index in [2.05, 4.69) is 20.2 Å². The number of methoxy groups -OCH3 is 1. The van der Waals surface area contributed by atoms with Gasteiger partial charge < -0.3 is 9.64 Å². The molecule has 6 heteroatoms. The van der Waals surface area contributed by atoms with E-state index >= 15 is 0 Å². The number of hydrogen-bond acceptors (Lipinski definition) is 5. The molecule has 0 unspecified atom stereocenters. The highest BCUT2D eigenvalue weighted by atomic mass is 16.5. The van der Waals surface area contributed by atoms with Crippen LogP contribution in [0.3, 0.4) is 0 Å². The van der Waals surface area contributed by atoms with Crippen LogP contribution in [0.2, 0.25) is 0 Å². The molecule has 2 aromatic rings. The minimum atomic E-state index is 0.380. The van der Waals surface area contributed by atoms with Crippen molar-refractivity contribution in [1.82, 2.24) is 20.0 Å². The summed E-state index contributed by atoms with van der Waals surface area (Å²) in [5.74, 6) is 1.67. The van der Waals surface area contributed by atoms with Crippen molar-refractivity contribution in [2.45, 2.75) is 25.9 Å². The number of aromatic nitrogens is 4. The third kappa shape index (κ3) is 2.65. The van der Waals surface area contributed by atoms with Crippen molar-refractivity contribution in [2.24, 2.45) is 0 Å². The highest BCUT2D eigenvalue weighted by Gasteiger charge is 2.19. The topological polar surface area (TPSA) is 56.1 Å². The van der Waals surface area contributed by atoms with Crippen molar-refractivity contribution in [1.29, 1.82) is 0 Å². The molecule has 0 atom stereocenters. The van der Waals surface area contributed by atoms with Crippen LogP contribution in [-0.2, 0) is 4.74 Å². The van der Waals surface area contributed by atoms with Gasteiger partial charge in [-0.1, -0.05) is 0 Å². The SMILES string of the molecule is COC1CCN(c2ccc(-n3ccc(C)n3)nn2)CC1. The van der Waals surface area contributed by atoms with Gasteiger partial charge in [0.2, 0.25) is 0 Å². The van der Waals surface area contributed by atoms with Gasteiger partial charge in [0.05, 0.1) is 11.8 Å². The summed E-state index contributed by atoms with van der Waals surface area (Å²) in [7, 11) is 1.78. The number of aryl methyl sites for hydroxylation is 1. The Labute approximate surface area is 118 Å². The van der Waals surface area contributed by atoms with E-state index in [1.165, 1.54) is 0 Å². The fraction of sp³-hybridized carbons (Fsp3) is 0.500. The van der Waals surface area contributed by atoms with Gasteiger partial charge in [-0.2, -0.15) is 5.10 Å². The van der Waals surface area contributed by atoms with Gasteiger partial charge >= 0.3 is 0 Å². The Kier molecular flexibility index (Phi) is 3.64. The summed E-state index contributed by atoms with van der Waals surface area (Å²) >= 11 is 0. The van der Waals surface area contributed by atoms with E-state index in [0.717, 1.165) is 43.3 Å². The summed E-state index contributed by atoms with van der Waals surface area (Å²) < 4.78 is 7.12. The predicted molar refractivity (Wildman–Crippen MR) is 76.1 cm³/mol. The third-order valence-electron chi connectivity index (χ3n) is 3.69. The molecule has 6 nitrogen and oxygen atoms in total. The molecule has 0 N–H and O–H groups in total. The lowest BCUT2D eigenvalue weighted by Crippen LogP contribution is -2.37. The second-order valence-corrected chi connectivity index (χ2v) is 5.07. The zero-order valence-electron chi connectivity index (χ0n) is 11.9. The van der Waals surface area contributed by atoms with Crippen molar-refractivity contribution >= 4 is 5.82 Å². The third-order valence-corrected chi connectivity index (χ3v) is 3.69. The number of rotatable bonds is 3. The molecule has 3 rings (SSSR count). The first-order chi connectivity index (χ1) is 9.76. The maximum absolute atomic E-state index is 5.38. The van der Waals surface area contributed by atoms with E-state index in [-0.39, 0.29) is 0 Å². The first-order valence-corrected chi connectivity index (χ1v) is 6.90. The summed E-state index contributed by atoms with van der Waals surface area (Å²) in [5, 5.41) is 12.9. The van der Waals surface area contributed by atoms with Gasteiger partial charge in [-0.05, 0) is 38.0 Å². The fourth-order valence-corrected chi connectivity index (χ4v) is 2.47. The van der Waals surface area contributed by atoms with Gasteiger partial charge in [0.25, 0.3) is 0 Å². The van der Waals surface area contributed by atoms with Crippen LogP contribution in [0.4, 0.5) is 5.82 Å². The van der Waals surface area contributed by atoms with Crippen LogP contribution in [0.1, 0.15) is 18.5 Å². The van der Waals surface area contributed by atoms with Gasteiger partial charge in [-0.3, -0.25) is 0 Å². The quantitative estimate of drug-likeness (QED) is 0.850. The monoisotopic (exact) mass is 273 g/mol. The molecule has 0 saturated carbocycles. The first kappa shape index (κ1) is 13.1. The molecule has 1 fully saturated rings. The molecule has 0 radical (unpaired) electrons. The Morgan fingerprint density at radius 2 is 1.80 bits per heavy atom. The van der Waals surface area contributed by atoms with Crippen LogP contribution in [0.25, 0.3) is 5.82 Å². The molecule has 2 aromatic heterocycles. The molecule has 3 heterocycles. The molecule has 1 aliphatic heterocycles. The van der Waals surface area contributed by atoms with E-state index in [4.69, 9.17) is 4.74 Å². The standard InChI is InChI=1S/C14H19N5O/c1-11-5-10-19(17-11)14-4-3-13(15-16-14)18-8-6-12(20-2)7-9-18/h3-5,10,12H,6-9H2,1-2H3. The minimum absolute atomic E-state index is 0.380. The molecular formula is C14H19N5O. The number of piperidine rings is 1. The maximum Gasteiger partial charge on any atom is 0.175 e. The predicted octanol–water partition coefficient (Wildman–Crippen LogP) is 1.59. The molecule has 0 amide bonds. The Morgan fingerprint density at radius 1 is 1.10 bits per heavy atom. The molecule has 1 saturated heterocycles. The van der Waals surface area contributed by atoms with Gasteiger partial charge in [0, 0.05) is 26.4 Å².